The van der Waals surface area contributed by atoms with E-state index in [1.54, 1.807) is 21.3 Å². The molecule has 0 saturated heterocycles. The molecule has 0 spiro atoms. The Hall–Kier alpha value is -1.95. The van der Waals surface area contributed by atoms with Crippen LogP contribution in [0.5, 0.6) is 11.5 Å². The summed E-state index contributed by atoms with van der Waals surface area (Å²) >= 11 is 0. The molecule has 0 aliphatic carbocycles. The van der Waals surface area contributed by atoms with Crippen molar-refractivity contribution < 1.29 is 14.2 Å². The zero-order chi connectivity index (χ0) is 16.4. The first kappa shape index (κ1) is 18.1. The van der Waals surface area contributed by atoms with E-state index in [-0.39, 0.29) is 6.04 Å². The van der Waals surface area contributed by atoms with Gasteiger partial charge >= 0.3 is 0 Å². The molecule has 0 radical (unpaired) electrons. The zero-order valence-electron chi connectivity index (χ0n) is 14.1. The molecule has 0 saturated carbocycles. The van der Waals surface area contributed by atoms with Gasteiger partial charge in [-0.2, -0.15) is 0 Å². The number of aliphatic imine (C=N–C) groups is 1. The predicted octanol–water partition coefficient (Wildman–Crippen LogP) is 1.79. The average molecular weight is 309 g/mol. The number of hydrogen-bond acceptors (Lipinski definition) is 4. The summed E-state index contributed by atoms with van der Waals surface area (Å²) in [4.78, 5) is 4.20. The first-order valence-electron chi connectivity index (χ1n) is 7.40. The molecule has 22 heavy (non-hydrogen) atoms. The molecule has 0 fully saturated rings. The van der Waals surface area contributed by atoms with Gasteiger partial charge in [0.2, 0.25) is 0 Å². The van der Waals surface area contributed by atoms with Gasteiger partial charge in [-0.15, -0.1) is 0 Å². The summed E-state index contributed by atoms with van der Waals surface area (Å²) in [6.07, 6.45) is 0. The van der Waals surface area contributed by atoms with E-state index >= 15 is 0 Å². The Morgan fingerprint density at radius 2 is 2.05 bits per heavy atom. The maximum atomic E-state index is 5.58. The number of nitrogens with one attached hydrogen (secondary N) is 2. The highest BCUT2D eigenvalue weighted by Crippen LogP contribution is 2.27. The number of hydrogen-bond donors (Lipinski definition) is 2. The van der Waals surface area contributed by atoms with E-state index in [4.69, 9.17) is 14.2 Å². The van der Waals surface area contributed by atoms with E-state index in [9.17, 15) is 0 Å². The van der Waals surface area contributed by atoms with Crippen LogP contribution in [0.4, 0.5) is 0 Å². The Kier molecular flexibility index (Phi) is 8.14. The largest absolute Gasteiger partial charge is 0.493 e. The highest BCUT2D eigenvalue weighted by atomic mass is 16.5. The molecule has 124 valence electrons. The van der Waals surface area contributed by atoms with E-state index in [0.717, 1.165) is 23.0 Å². The van der Waals surface area contributed by atoms with Crippen LogP contribution in [0, 0.1) is 0 Å². The van der Waals surface area contributed by atoms with Crippen molar-refractivity contribution in [3.63, 3.8) is 0 Å². The molecule has 6 heteroatoms. The highest BCUT2D eigenvalue weighted by molar-refractivity contribution is 5.79. The molecule has 0 aliphatic heterocycles. The number of methoxy groups -OCH3 is 2. The summed E-state index contributed by atoms with van der Waals surface area (Å²) in [6.45, 7) is 5.86. The number of nitrogens with zero attached hydrogens (tertiary/aromatic N) is 1. The topological polar surface area (TPSA) is 64.1 Å². The molecule has 1 rings (SSSR count). The Morgan fingerprint density at radius 1 is 1.27 bits per heavy atom. The summed E-state index contributed by atoms with van der Waals surface area (Å²) in [6, 6.07) is 6.07. The minimum absolute atomic E-state index is 0.186. The van der Waals surface area contributed by atoms with Crippen LogP contribution in [-0.2, 0) is 11.3 Å². The lowest BCUT2D eigenvalue weighted by molar-refractivity contribution is 0.179. The lowest BCUT2D eigenvalue weighted by Gasteiger charge is -2.17. The monoisotopic (exact) mass is 309 g/mol. The second-order valence-corrected chi connectivity index (χ2v) is 4.84. The van der Waals surface area contributed by atoms with E-state index < -0.39 is 0 Å². The van der Waals surface area contributed by atoms with Crippen LogP contribution in [0.15, 0.2) is 23.2 Å². The minimum Gasteiger partial charge on any atom is -0.493 e. The fourth-order valence-corrected chi connectivity index (χ4v) is 2.00. The van der Waals surface area contributed by atoms with Crippen molar-refractivity contribution in [1.29, 1.82) is 0 Å². The first-order chi connectivity index (χ1) is 10.6. The standard InChI is InChI=1S/C16H27N3O3/c1-6-22-15-9-13(7-8-14(15)21-5)10-18-16(17-3)19-12(2)11-20-4/h7-9,12H,6,10-11H2,1-5H3,(H2,17,18,19). The molecule has 1 aromatic rings. The van der Waals surface area contributed by atoms with E-state index in [0.29, 0.717) is 19.8 Å². The van der Waals surface area contributed by atoms with Gasteiger partial charge in [0, 0.05) is 26.7 Å². The van der Waals surface area contributed by atoms with Crippen LogP contribution >= 0.6 is 0 Å². The van der Waals surface area contributed by atoms with Crippen molar-refractivity contribution in [2.24, 2.45) is 4.99 Å². The Bertz CT molecular complexity index is 478. The van der Waals surface area contributed by atoms with Crippen molar-refractivity contribution in [2.75, 3.05) is 34.5 Å². The van der Waals surface area contributed by atoms with Crippen molar-refractivity contribution in [1.82, 2.24) is 10.6 Å². The van der Waals surface area contributed by atoms with Crippen molar-refractivity contribution in [2.45, 2.75) is 26.4 Å². The molecule has 0 bridgehead atoms. The summed E-state index contributed by atoms with van der Waals surface area (Å²) in [5.41, 5.74) is 1.09. The number of benzene rings is 1. The third-order valence-corrected chi connectivity index (χ3v) is 3.01. The van der Waals surface area contributed by atoms with Gasteiger partial charge in [0.15, 0.2) is 17.5 Å². The van der Waals surface area contributed by atoms with Crippen LogP contribution in [0.2, 0.25) is 0 Å². The Balaban J connectivity index is 2.64. The third kappa shape index (κ3) is 5.81. The molecular weight excluding hydrogens is 282 g/mol. The molecule has 0 aliphatic rings. The first-order valence-corrected chi connectivity index (χ1v) is 7.40. The number of rotatable bonds is 8. The van der Waals surface area contributed by atoms with Crippen molar-refractivity contribution in [3.05, 3.63) is 23.8 Å². The summed E-state index contributed by atoms with van der Waals surface area (Å²) in [5, 5.41) is 6.53. The second-order valence-electron chi connectivity index (χ2n) is 4.84. The lowest BCUT2D eigenvalue weighted by Crippen LogP contribution is -2.43. The van der Waals surface area contributed by atoms with Gasteiger partial charge in [0.1, 0.15) is 0 Å². The maximum Gasteiger partial charge on any atom is 0.191 e. The molecule has 0 amide bonds. The van der Waals surface area contributed by atoms with Crippen LogP contribution in [0.1, 0.15) is 19.4 Å². The van der Waals surface area contributed by atoms with Gasteiger partial charge in [-0.25, -0.2) is 0 Å². The lowest BCUT2D eigenvalue weighted by atomic mass is 10.2. The SMILES string of the molecule is CCOc1cc(CNC(=NC)NC(C)COC)ccc1OC. The van der Waals surface area contributed by atoms with Crippen LogP contribution in [-0.4, -0.2) is 46.5 Å². The molecule has 1 aromatic carbocycles. The van der Waals surface area contributed by atoms with Gasteiger partial charge in [0.25, 0.3) is 0 Å². The summed E-state index contributed by atoms with van der Waals surface area (Å²) < 4.78 is 16.0. The predicted molar refractivity (Wildman–Crippen MR) is 88.8 cm³/mol. The normalized spacial score (nSPS) is 12.7. The number of ether oxygens (including phenoxy) is 3. The van der Waals surface area contributed by atoms with Gasteiger partial charge < -0.3 is 24.8 Å². The summed E-state index contributed by atoms with van der Waals surface area (Å²) in [7, 11) is 5.06. The smallest absolute Gasteiger partial charge is 0.191 e. The van der Waals surface area contributed by atoms with Gasteiger partial charge in [0.05, 0.1) is 20.3 Å². The van der Waals surface area contributed by atoms with Crippen molar-refractivity contribution >= 4 is 5.96 Å². The summed E-state index contributed by atoms with van der Waals surface area (Å²) in [5.74, 6) is 2.22. The van der Waals surface area contributed by atoms with Gasteiger partial charge in [-0.3, -0.25) is 4.99 Å². The molecule has 0 heterocycles. The van der Waals surface area contributed by atoms with Gasteiger partial charge in [-0.05, 0) is 31.5 Å². The molecule has 2 N–H and O–H groups in total. The highest BCUT2D eigenvalue weighted by Gasteiger charge is 2.07. The van der Waals surface area contributed by atoms with E-state index in [2.05, 4.69) is 15.6 Å². The van der Waals surface area contributed by atoms with E-state index in [1.165, 1.54) is 0 Å². The number of guanidine groups is 1. The Morgan fingerprint density at radius 3 is 2.64 bits per heavy atom. The molecule has 1 unspecified atom stereocenters. The van der Waals surface area contributed by atoms with Crippen molar-refractivity contribution in [3.8, 4) is 11.5 Å². The van der Waals surface area contributed by atoms with Crippen LogP contribution in [0.25, 0.3) is 0 Å². The fraction of sp³-hybridized carbons (Fsp3) is 0.562. The maximum absolute atomic E-state index is 5.58. The third-order valence-electron chi connectivity index (χ3n) is 3.01. The molecule has 6 nitrogen and oxygen atoms in total. The molecular formula is C16H27N3O3. The van der Waals surface area contributed by atoms with Crippen LogP contribution < -0.4 is 20.1 Å². The van der Waals surface area contributed by atoms with E-state index in [1.807, 2.05) is 32.0 Å². The second kappa shape index (κ2) is 9.89. The minimum atomic E-state index is 0.186. The molecule has 0 aromatic heterocycles. The zero-order valence-corrected chi connectivity index (χ0v) is 14.1. The molecule has 1 atom stereocenters. The quantitative estimate of drug-likeness (QED) is 0.566. The average Bonchev–Trinajstić information content (AvgIpc) is 2.52. The van der Waals surface area contributed by atoms with Crippen LogP contribution in [0.3, 0.4) is 0 Å². The van der Waals surface area contributed by atoms with Gasteiger partial charge in [-0.1, -0.05) is 6.07 Å². The fourth-order valence-electron chi connectivity index (χ4n) is 2.00. The Labute approximate surface area is 132 Å².